The number of nitrogens with two attached hydrogens (primary N) is 1. The first-order valence-electron chi connectivity index (χ1n) is 7.55. The molecule has 2 amide bonds. The third kappa shape index (κ3) is 5.81. The molecule has 1 aromatic carbocycles. The maximum absolute atomic E-state index is 12.1. The van der Waals surface area contributed by atoms with Crippen LogP contribution in [0.2, 0.25) is 10.0 Å². The van der Waals surface area contributed by atoms with Crippen LogP contribution in [-0.2, 0) is 4.79 Å². The Kier molecular flexibility index (Phi) is 8.74. The summed E-state index contributed by atoms with van der Waals surface area (Å²) >= 11 is 12.3. The third-order valence-electron chi connectivity index (χ3n) is 3.28. The van der Waals surface area contributed by atoms with Gasteiger partial charge in [-0.3, -0.25) is 14.6 Å². The third-order valence-corrected chi connectivity index (χ3v) is 3.88. The fourth-order valence-electron chi connectivity index (χ4n) is 2.04. The number of nitrogens with one attached hydrogen (secondary N) is 2. The highest BCUT2D eigenvalue weighted by Crippen LogP contribution is 2.34. The molecule has 26 heavy (non-hydrogen) atoms. The smallest absolute Gasteiger partial charge is 0.275 e. The first kappa shape index (κ1) is 22.1. The Labute approximate surface area is 167 Å². The van der Waals surface area contributed by atoms with Gasteiger partial charge in [0, 0.05) is 18.1 Å². The Balaban J connectivity index is 0.00000338. The molecule has 1 heterocycles. The van der Waals surface area contributed by atoms with Crippen molar-refractivity contribution >= 4 is 58.8 Å². The summed E-state index contributed by atoms with van der Waals surface area (Å²) in [5.41, 5.74) is 6.50. The summed E-state index contributed by atoms with van der Waals surface area (Å²) in [6.45, 7) is 1.94. The lowest BCUT2D eigenvalue weighted by Gasteiger charge is -2.14. The average molecular weight is 419 g/mol. The number of hydrogen-bond acceptors (Lipinski definition) is 5. The fraction of sp³-hybridized carbons (Fsp3) is 0.250. The van der Waals surface area contributed by atoms with Gasteiger partial charge in [0.15, 0.2) is 0 Å². The number of aromatic nitrogens is 2. The summed E-state index contributed by atoms with van der Waals surface area (Å²) in [5, 5.41) is 5.57. The molecule has 1 aromatic heterocycles. The summed E-state index contributed by atoms with van der Waals surface area (Å²) < 4.78 is 0. The normalized spacial score (nSPS) is 11.2. The van der Waals surface area contributed by atoms with Crippen LogP contribution in [0.15, 0.2) is 30.7 Å². The summed E-state index contributed by atoms with van der Waals surface area (Å²) in [6, 6.07) is 2.35. The Morgan fingerprint density at radius 2 is 1.85 bits per heavy atom. The monoisotopic (exact) mass is 417 g/mol. The Bertz CT molecular complexity index is 751. The van der Waals surface area contributed by atoms with Crippen molar-refractivity contribution < 1.29 is 9.59 Å². The zero-order valence-corrected chi connectivity index (χ0v) is 16.2. The van der Waals surface area contributed by atoms with Crippen LogP contribution in [-0.4, -0.2) is 27.8 Å². The van der Waals surface area contributed by atoms with Gasteiger partial charge in [-0.1, -0.05) is 36.5 Å². The highest BCUT2D eigenvalue weighted by Gasteiger charge is 2.17. The Morgan fingerprint density at radius 3 is 2.38 bits per heavy atom. The van der Waals surface area contributed by atoms with Gasteiger partial charge in [0.25, 0.3) is 5.91 Å². The Morgan fingerprint density at radius 1 is 1.19 bits per heavy atom. The highest BCUT2D eigenvalue weighted by molar-refractivity contribution is 6.40. The van der Waals surface area contributed by atoms with Crippen molar-refractivity contribution in [2.24, 2.45) is 5.73 Å². The molecule has 1 unspecified atom stereocenters. The summed E-state index contributed by atoms with van der Waals surface area (Å²) in [7, 11) is 0. The molecule has 0 saturated heterocycles. The van der Waals surface area contributed by atoms with E-state index < -0.39 is 11.9 Å². The molecule has 140 valence electrons. The van der Waals surface area contributed by atoms with Crippen LogP contribution in [0.5, 0.6) is 0 Å². The second-order valence-electron chi connectivity index (χ2n) is 5.24. The lowest BCUT2D eigenvalue weighted by molar-refractivity contribution is -0.117. The van der Waals surface area contributed by atoms with Crippen LogP contribution in [0, 0.1) is 0 Å². The predicted octanol–water partition coefficient (Wildman–Crippen LogP) is 3.52. The van der Waals surface area contributed by atoms with Crippen molar-refractivity contribution in [1.29, 1.82) is 0 Å². The van der Waals surface area contributed by atoms with E-state index in [9.17, 15) is 9.59 Å². The highest BCUT2D eigenvalue weighted by atomic mass is 35.5. The first-order chi connectivity index (χ1) is 11.9. The van der Waals surface area contributed by atoms with Gasteiger partial charge >= 0.3 is 0 Å². The minimum Gasteiger partial charge on any atom is -0.325 e. The molecule has 0 bridgehead atoms. The quantitative estimate of drug-likeness (QED) is 0.665. The standard InChI is InChI=1S/C16H17Cl2N5O2.ClH/c1-2-3-12(19)15(24)22-9-6-10(17)14(11(18)7-9)23-16(25)13-8-20-4-5-21-13;/h4-8,12H,2-3,19H2,1H3,(H,22,24)(H,23,25);1H. The maximum Gasteiger partial charge on any atom is 0.275 e. The molecule has 0 aliphatic rings. The van der Waals surface area contributed by atoms with Crippen molar-refractivity contribution in [3.8, 4) is 0 Å². The van der Waals surface area contributed by atoms with Gasteiger partial charge in [0.1, 0.15) is 5.69 Å². The number of carbonyl (C=O) groups is 2. The second kappa shape index (κ2) is 10.3. The number of amides is 2. The van der Waals surface area contributed by atoms with Crippen LogP contribution in [0.3, 0.4) is 0 Å². The van der Waals surface area contributed by atoms with E-state index >= 15 is 0 Å². The van der Waals surface area contributed by atoms with Crippen LogP contribution in [0.25, 0.3) is 0 Å². The minimum absolute atomic E-state index is 0. The van der Waals surface area contributed by atoms with Gasteiger partial charge in [-0.15, -0.1) is 12.4 Å². The molecule has 7 nitrogen and oxygen atoms in total. The number of anilines is 2. The van der Waals surface area contributed by atoms with Gasteiger partial charge in [-0.05, 0) is 18.6 Å². The van der Waals surface area contributed by atoms with Crippen molar-refractivity contribution in [3.05, 3.63) is 46.5 Å². The van der Waals surface area contributed by atoms with Crippen molar-refractivity contribution in [1.82, 2.24) is 9.97 Å². The van der Waals surface area contributed by atoms with Crippen molar-refractivity contribution in [2.75, 3.05) is 10.6 Å². The summed E-state index contributed by atoms with van der Waals surface area (Å²) in [5.74, 6) is -0.830. The van der Waals surface area contributed by atoms with Crippen molar-refractivity contribution in [3.63, 3.8) is 0 Å². The maximum atomic E-state index is 12.1. The molecule has 2 aromatic rings. The molecule has 10 heteroatoms. The number of halogens is 3. The zero-order chi connectivity index (χ0) is 18.4. The van der Waals surface area contributed by atoms with Crippen LogP contribution in [0.4, 0.5) is 11.4 Å². The fourth-order valence-corrected chi connectivity index (χ4v) is 2.62. The van der Waals surface area contributed by atoms with E-state index in [-0.39, 0.29) is 39.7 Å². The van der Waals surface area contributed by atoms with Gasteiger partial charge < -0.3 is 16.4 Å². The molecule has 0 fully saturated rings. The first-order valence-corrected chi connectivity index (χ1v) is 8.30. The molecular weight excluding hydrogens is 401 g/mol. The lowest BCUT2D eigenvalue weighted by Crippen LogP contribution is -2.35. The molecule has 1 atom stereocenters. The van der Waals surface area contributed by atoms with Crippen molar-refractivity contribution in [2.45, 2.75) is 25.8 Å². The second-order valence-corrected chi connectivity index (χ2v) is 6.06. The molecule has 4 N–H and O–H groups in total. The largest absolute Gasteiger partial charge is 0.325 e. The predicted molar refractivity (Wildman–Crippen MR) is 105 cm³/mol. The average Bonchev–Trinajstić information content (AvgIpc) is 2.59. The number of nitrogens with zero attached hydrogens (tertiary/aromatic N) is 2. The number of benzene rings is 1. The van der Waals surface area contributed by atoms with Gasteiger partial charge in [-0.25, -0.2) is 4.98 Å². The number of hydrogen-bond donors (Lipinski definition) is 3. The van der Waals surface area contributed by atoms with Crippen LogP contribution >= 0.6 is 35.6 Å². The van der Waals surface area contributed by atoms with E-state index in [1.54, 1.807) is 0 Å². The van der Waals surface area contributed by atoms with E-state index in [4.69, 9.17) is 28.9 Å². The Hall–Kier alpha value is -1.93. The van der Waals surface area contributed by atoms with Gasteiger partial charge in [0.2, 0.25) is 5.91 Å². The minimum atomic E-state index is -0.612. The lowest BCUT2D eigenvalue weighted by atomic mass is 10.1. The SMILES string of the molecule is CCCC(N)C(=O)Nc1cc(Cl)c(NC(=O)c2cnccn2)c(Cl)c1.Cl. The van der Waals surface area contributed by atoms with Crippen LogP contribution < -0.4 is 16.4 Å². The van der Waals surface area contributed by atoms with Crippen LogP contribution in [0.1, 0.15) is 30.3 Å². The van der Waals surface area contributed by atoms with E-state index in [0.717, 1.165) is 6.42 Å². The number of carbonyl (C=O) groups excluding carboxylic acids is 2. The van der Waals surface area contributed by atoms with E-state index in [0.29, 0.717) is 12.1 Å². The molecule has 0 aliphatic heterocycles. The van der Waals surface area contributed by atoms with Gasteiger partial charge in [0.05, 0.1) is 28.0 Å². The summed E-state index contributed by atoms with van der Waals surface area (Å²) in [6.07, 6.45) is 5.54. The van der Waals surface area contributed by atoms with E-state index in [1.165, 1.54) is 30.7 Å². The molecular formula is C16H18Cl3N5O2. The molecule has 0 spiro atoms. The summed E-state index contributed by atoms with van der Waals surface area (Å²) in [4.78, 5) is 31.8. The van der Waals surface area contributed by atoms with Gasteiger partial charge in [-0.2, -0.15) is 0 Å². The van der Waals surface area contributed by atoms with E-state index in [1.807, 2.05) is 6.92 Å². The molecule has 2 rings (SSSR count). The number of rotatable bonds is 6. The molecule has 0 radical (unpaired) electrons. The molecule has 0 saturated carbocycles. The molecule has 0 aliphatic carbocycles. The zero-order valence-electron chi connectivity index (χ0n) is 13.8. The van der Waals surface area contributed by atoms with E-state index in [2.05, 4.69) is 20.6 Å². The topological polar surface area (TPSA) is 110 Å².